The quantitative estimate of drug-likeness (QED) is 0.401. The van der Waals surface area contributed by atoms with Crippen molar-refractivity contribution in [3.63, 3.8) is 0 Å². The Hall–Kier alpha value is -1.62. The zero-order chi connectivity index (χ0) is 14.3. The highest BCUT2D eigenvalue weighted by Gasteiger charge is 2.11. The number of hydrogen-bond acceptors (Lipinski definition) is 4. The van der Waals surface area contributed by atoms with Crippen molar-refractivity contribution in [2.75, 3.05) is 12.0 Å². The summed E-state index contributed by atoms with van der Waals surface area (Å²) in [6.45, 7) is 6.91. The van der Waals surface area contributed by atoms with Gasteiger partial charge in [0.2, 0.25) is 0 Å². The number of aromatic nitrogens is 1. The molecule has 1 rings (SSSR count). The van der Waals surface area contributed by atoms with E-state index >= 15 is 0 Å². The summed E-state index contributed by atoms with van der Waals surface area (Å²) in [4.78, 5) is 16.4. The van der Waals surface area contributed by atoms with Crippen LogP contribution in [0.4, 0.5) is 5.82 Å². The van der Waals surface area contributed by atoms with Gasteiger partial charge in [0.05, 0.1) is 0 Å². The highest BCUT2D eigenvalue weighted by molar-refractivity contribution is 5.95. The SMILES string of the molecule is CCCCCNC(=O)c1cc(NN)nc(C(C)C)c1. The molecule has 106 valence electrons. The van der Waals surface area contributed by atoms with Gasteiger partial charge in [0.25, 0.3) is 5.91 Å². The molecule has 5 nitrogen and oxygen atoms in total. The summed E-state index contributed by atoms with van der Waals surface area (Å²) in [5, 5.41) is 2.92. The first-order chi connectivity index (χ1) is 9.08. The normalized spacial score (nSPS) is 10.6. The maximum absolute atomic E-state index is 12.0. The molecule has 1 heterocycles. The molecule has 1 aromatic rings. The van der Waals surface area contributed by atoms with E-state index in [1.54, 1.807) is 6.07 Å². The molecule has 19 heavy (non-hydrogen) atoms. The molecule has 1 aromatic heterocycles. The number of anilines is 1. The number of carbonyl (C=O) groups is 1. The third-order valence-electron chi connectivity index (χ3n) is 2.91. The Morgan fingerprint density at radius 1 is 1.37 bits per heavy atom. The van der Waals surface area contributed by atoms with Crippen molar-refractivity contribution in [2.45, 2.75) is 46.0 Å². The van der Waals surface area contributed by atoms with Gasteiger partial charge in [-0.25, -0.2) is 10.8 Å². The first-order valence-corrected chi connectivity index (χ1v) is 6.85. The van der Waals surface area contributed by atoms with Crippen molar-refractivity contribution < 1.29 is 4.79 Å². The van der Waals surface area contributed by atoms with Crippen LogP contribution < -0.4 is 16.6 Å². The molecular weight excluding hydrogens is 240 g/mol. The Kier molecular flexibility index (Phi) is 6.29. The predicted octanol–water partition coefficient (Wildman–Crippen LogP) is 2.41. The van der Waals surface area contributed by atoms with Gasteiger partial charge in [-0.3, -0.25) is 4.79 Å². The van der Waals surface area contributed by atoms with Crippen molar-refractivity contribution in [1.29, 1.82) is 0 Å². The molecule has 0 saturated heterocycles. The van der Waals surface area contributed by atoms with Crippen molar-refractivity contribution in [2.24, 2.45) is 5.84 Å². The number of amides is 1. The van der Waals surface area contributed by atoms with Crippen LogP contribution in [0, 0.1) is 0 Å². The fourth-order valence-electron chi connectivity index (χ4n) is 1.73. The van der Waals surface area contributed by atoms with E-state index in [4.69, 9.17) is 5.84 Å². The lowest BCUT2D eigenvalue weighted by Crippen LogP contribution is -2.25. The van der Waals surface area contributed by atoms with Gasteiger partial charge in [-0.05, 0) is 24.5 Å². The molecule has 0 aliphatic rings. The number of nitrogens with one attached hydrogen (secondary N) is 2. The highest BCUT2D eigenvalue weighted by atomic mass is 16.1. The zero-order valence-electron chi connectivity index (χ0n) is 12.0. The zero-order valence-corrected chi connectivity index (χ0v) is 12.0. The smallest absolute Gasteiger partial charge is 0.251 e. The third-order valence-corrected chi connectivity index (χ3v) is 2.91. The Morgan fingerprint density at radius 2 is 2.11 bits per heavy atom. The number of rotatable bonds is 7. The molecule has 0 radical (unpaired) electrons. The van der Waals surface area contributed by atoms with Crippen molar-refractivity contribution in [3.8, 4) is 0 Å². The molecule has 0 bridgehead atoms. The van der Waals surface area contributed by atoms with Crippen LogP contribution in [0.1, 0.15) is 62.0 Å². The van der Waals surface area contributed by atoms with Crippen LogP contribution in [-0.4, -0.2) is 17.4 Å². The first-order valence-electron chi connectivity index (χ1n) is 6.85. The Morgan fingerprint density at radius 3 is 2.68 bits per heavy atom. The first kappa shape index (κ1) is 15.4. The van der Waals surface area contributed by atoms with Crippen LogP contribution in [0.25, 0.3) is 0 Å². The summed E-state index contributed by atoms with van der Waals surface area (Å²) >= 11 is 0. The van der Waals surface area contributed by atoms with Gasteiger partial charge in [-0.2, -0.15) is 0 Å². The molecular formula is C14H24N4O. The third kappa shape index (κ3) is 4.87. The predicted molar refractivity (Wildman–Crippen MR) is 78.0 cm³/mol. The van der Waals surface area contributed by atoms with Crippen LogP contribution in [0.15, 0.2) is 12.1 Å². The minimum absolute atomic E-state index is 0.0723. The largest absolute Gasteiger partial charge is 0.352 e. The molecule has 4 N–H and O–H groups in total. The van der Waals surface area contributed by atoms with E-state index in [1.807, 2.05) is 19.9 Å². The summed E-state index contributed by atoms with van der Waals surface area (Å²) in [6.07, 6.45) is 3.28. The van der Waals surface area contributed by atoms with E-state index in [9.17, 15) is 4.79 Å². The molecule has 0 unspecified atom stereocenters. The second-order valence-electron chi connectivity index (χ2n) is 4.93. The number of carbonyl (C=O) groups excluding carboxylic acids is 1. The van der Waals surface area contributed by atoms with E-state index in [-0.39, 0.29) is 11.8 Å². The van der Waals surface area contributed by atoms with E-state index in [2.05, 4.69) is 22.7 Å². The Bertz CT molecular complexity index is 418. The molecule has 0 aromatic carbocycles. The van der Waals surface area contributed by atoms with Crippen molar-refractivity contribution in [1.82, 2.24) is 10.3 Å². The number of nitrogens with zero attached hydrogens (tertiary/aromatic N) is 1. The van der Waals surface area contributed by atoms with Gasteiger partial charge in [0.1, 0.15) is 5.82 Å². The molecule has 0 atom stereocenters. The average Bonchev–Trinajstić information content (AvgIpc) is 2.42. The van der Waals surface area contributed by atoms with Crippen LogP contribution in [0.5, 0.6) is 0 Å². The lowest BCUT2D eigenvalue weighted by Gasteiger charge is -2.11. The van der Waals surface area contributed by atoms with Gasteiger partial charge in [-0.15, -0.1) is 0 Å². The molecule has 5 heteroatoms. The summed E-state index contributed by atoms with van der Waals surface area (Å²) in [6, 6.07) is 3.49. The molecule has 0 fully saturated rings. The maximum Gasteiger partial charge on any atom is 0.251 e. The molecule has 0 spiro atoms. The van der Waals surface area contributed by atoms with Crippen molar-refractivity contribution in [3.05, 3.63) is 23.4 Å². The number of unbranched alkanes of at least 4 members (excludes halogenated alkanes) is 2. The number of nitrogen functional groups attached to an aromatic ring is 1. The van der Waals surface area contributed by atoms with Crippen LogP contribution in [0.3, 0.4) is 0 Å². The van der Waals surface area contributed by atoms with Gasteiger partial charge in [0.15, 0.2) is 0 Å². The standard InChI is InChI=1S/C14H24N4O/c1-4-5-6-7-16-14(19)11-8-12(10(2)3)17-13(9-11)18-15/h8-10H,4-7,15H2,1-3H3,(H,16,19)(H,17,18). The topological polar surface area (TPSA) is 80.0 Å². The number of nitrogens with two attached hydrogens (primary N) is 1. The average molecular weight is 264 g/mol. The minimum atomic E-state index is -0.0723. The lowest BCUT2D eigenvalue weighted by atomic mass is 10.1. The van der Waals surface area contributed by atoms with E-state index < -0.39 is 0 Å². The molecule has 0 saturated carbocycles. The van der Waals surface area contributed by atoms with Gasteiger partial charge in [0, 0.05) is 17.8 Å². The fourth-order valence-corrected chi connectivity index (χ4v) is 1.73. The maximum atomic E-state index is 12.0. The summed E-state index contributed by atoms with van der Waals surface area (Å²) in [5.74, 6) is 6.08. The van der Waals surface area contributed by atoms with Gasteiger partial charge >= 0.3 is 0 Å². The Balaban J connectivity index is 2.75. The molecule has 1 amide bonds. The lowest BCUT2D eigenvalue weighted by molar-refractivity contribution is 0.0953. The summed E-state index contributed by atoms with van der Waals surface area (Å²) < 4.78 is 0. The monoisotopic (exact) mass is 264 g/mol. The molecule has 0 aliphatic carbocycles. The number of hydrogen-bond donors (Lipinski definition) is 3. The van der Waals surface area contributed by atoms with E-state index in [0.29, 0.717) is 17.9 Å². The van der Waals surface area contributed by atoms with Crippen LogP contribution in [-0.2, 0) is 0 Å². The second kappa shape index (κ2) is 7.74. The van der Waals surface area contributed by atoms with Gasteiger partial charge in [-0.1, -0.05) is 33.6 Å². The van der Waals surface area contributed by atoms with Crippen LogP contribution in [0.2, 0.25) is 0 Å². The Labute approximate surface area is 115 Å². The summed E-state index contributed by atoms with van der Waals surface area (Å²) in [7, 11) is 0. The van der Waals surface area contributed by atoms with Crippen LogP contribution >= 0.6 is 0 Å². The second-order valence-corrected chi connectivity index (χ2v) is 4.93. The number of pyridine rings is 1. The number of hydrazine groups is 1. The van der Waals surface area contributed by atoms with Gasteiger partial charge < -0.3 is 10.7 Å². The summed E-state index contributed by atoms with van der Waals surface area (Å²) in [5.41, 5.74) is 3.96. The van der Waals surface area contributed by atoms with E-state index in [1.165, 1.54) is 0 Å². The highest BCUT2D eigenvalue weighted by Crippen LogP contribution is 2.17. The minimum Gasteiger partial charge on any atom is -0.352 e. The fraction of sp³-hybridized carbons (Fsp3) is 0.571. The van der Waals surface area contributed by atoms with E-state index in [0.717, 1.165) is 25.0 Å². The molecule has 0 aliphatic heterocycles. The van der Waals surface area contributed by atoms with Crippen molar-refractivity contribution >= 4 is 11.7 Å².